The predicted molar refractivity (Wildman–Crippen MR) is 114 cm³/mol. The van der Waals surface area contributed by atoms with Gasteiger partial charge in [-0.2, -0.15) is 0 Å². The molecule has 4 aromatic rings. The Morgan fingerprint density at radius 1 is 1.14 bits per heavy atom. The number of aromatic nitrogens is 4. The second-order valence-electron chi connectivity index (χ2n) is 6.25. The van der Waals surface area contributed by atoms with E-state index in [9.17, 15) is 4.79 Å². The standard InChI is InChI=1S/C20H16BrN5OS/c1-13-2-6-15(7-3-13)19-23-17(11-28-19)18(27)24-20-22-12-26(25-20)10-14-4-8-16(21)9-5-14/h2-9,11-12H,10H2,1H3,(H,24,25,27). The first kappa shape index (κ1) is 18.5. The van der Waals surface area contributed by atoms with Crippen molar-refractivity contribution in [2.24, 2.45) is 0 Å². The number of nitrogens with zero attached hydrogens (tertiary/aromatic N) is 4. The van der Waals surface area contributed by atoms with E-state index in [1.807, 2.05) is 55.5 Å². The molecule has 8 heteroatoms. The summed E-state index contributed by atoms with van der Waals surface area (Å²) in [6, 6.07) is 16.0. The van der Waals surface area contributed by atoms with Crippen LogP contribution in [-0.4, -0.2) is 25.7 Å². The molecule has 4 rings (SSSR count). The van der Waals surface area contributed by atoms with E-state index in [-0.39, 0.29) is 11.9 Å². The van der Waals surface area contributed by atoms with Crippen molar-refractivity contribution in [2.75, 3.05) is 5.32 Å². The Kier molecular flexibility index (Phi) is 5.31. The van der Waals surface area contributed by atoms with Crippen LogP contribution in [-0.2, 0) is 6.54 Å². The van der Waals surface area contributed by atoms with Crippen molar-refractivity contribution in [3.8, 4) is 10.6 Å². The topological polar surface area (TPSA) is 72.7 Å². The van der Waals surface area contributed by atoms with E-state index in [1.54, 1.807) is 16.4 Å². The molecule has 0 fully saturated rings. The number of carbonyl (C=O) groups is 1. The SMILES string of the molecule is Cc1ccc(-c2nc(C(=O)Nc3ncn(Cc4ccc(Br)cc4)n3)cs2)cc1. The molecule has 0 radical (unpaired) electrons. The fourth-order valence-corrected chi connectivity index (χ4v) is 3.65. The van der Waals surface area contributed by atoms with Gasteiger partial charge in [0.15, 0.2) is 0 Å². The molecule has 0 aliphatic heterocycles. The highest BCUT2D eigenvalue weighted by molar-refractivity contribution is 9.10. The summed E-state index contributed by atoms with van der Waals surface area (Å²) in [5, 5.41) is 9.55. The second kappa shape index (κ2) is 8.04. The number of aryl methyl sites for hydroxylation is 1. The molecule has 0 spiro atoms. The maximum Gasteiger partial charge on any atom is 0.277 e. The van der Waals surface area contributed by atoms with Gasteiger partial charge in [0.25, 0.3) is 5.91 Å². The van der Waals surface area contributed by atoms with Crippen LogP contribution in [0.2, 0.25) is 0 Å². The number of benzene rings is 2. The Morgan fingerprint density at radius 3 is 2.64 bits per heavy atom. The van der Waals surface area contributed by atoms with Gasteiger partial charge in [0, 0.05) is 15.4 Å². The van der Waals surface area contributed by atoms with E-state index < -0.39 is 0 Å². The van der Waals surface area contributed by atoms with Gasteiger partial charge < -0.3 is 0 Å². The summed E-state index contributed by atoms with van der Waals surface area (Å²) in [6.07, 6.45) is 1.59. The van der Waals surface area contributed by atoms with Crippen molar-refractivity contribution in [1.29, 1.82) is 0 Å². The fraction of sp³-hybridized carbons (Fsp3) is 0.100. The van der Waals surface area contributed by atoms with Crippen molar-refractivity contribution in [1.82, 2.24) is 19.7 Å². The summed E-state index contributed by atoms with van der Waals surface area (Å²) in [5.74, 6) is -0.0667. The largest absolute Gasteiger partial charge is 0.288 e. The number of hydrogen-bond acceptors (Lipinski definition) is 5. The highest BCUT2D eigenvalue weighted by Gasteiger charge is 2.14. The van der Waals surface area contributed by atoms with E-state index in [0.29, 0.717) is 12.2 Å². The van der Waals surface area contributed by atoms with Crippen LogP contribution in [0.25, 0.3) is 10.6 Å². The molecule has 2 heterocycles. The van der Waals surface area contributed by atoms with Gasteiger partial charge >= 0.3 is 0 Å². The summed E-state index contributed by atoms with van der Waals surface area (Å²) >= 11 is 4.85. The van der Waals surface area contributed by atoms with Crippen LogP contribution in [0.5, 0.6) is 0 Å². The molecule has 0 saturated heterocycles. The lowest BCUT2D eigenvalue weighted by Crippen LogP contribution is -2.14. The summed E-state index contributed by atoms with van der Waals surface area (Å²) in [4.78, 5) is 21.0. The summed E-state index contributed by atoms with van der Waals surface area (Å²) in [7, 11) is 0. The van der Waals surface area contributed by atoms with Gasteiger partial charge in [-0.3, -0.25) is 10.1 Å². The average molecular weight is 454 g/mol. The molecule has 140 valence electrons. The van der Waals surface area contributed by atoms with Crippen molar-refractivity contribution in [3.05, 3.63) is 81.5 Å². The molecule has 2 aromatic carbocycles. The van der Waals surface area contributed by atoms with E-state index in [4.69, 9.17) is 0 Å². The minimum atomic E-state index is -0.323. The molecular formula is C20H16BrN5OS. The predicted octanol–water partition coefficient (Wildman–Crippen LogP) is 4.77. The molecule has 2 aromatic heterocycles. The number of halogens is 1. The van der Waals surface area contributed by atoms with Crippen molar-refractivity contribution in [2.45, 2.75) is 13.5 Å². The van der Waals surface area contributed by atoms with Crippen molar-refractivity contribution < 1.29 is 4.79 Å². The molecule has 0 aliphatic carbocycles. The van der Waals surface area contributed by atoms with Crippen LogP contribution >= 0.6 is 27.3 Å². The number of hydrogen-bond donors (Lipinski definition) is 1. The van der Waals surface area contributed by atoms with Crippen LogP contribution in [0.4, 0.5) is 5.95 Å². The van der Waals surface area contributed by atoms with Crippen molar-refractivity contribution >= 4 is 39.1 Å². The normalized spacial score (nSPS) is 10.8. The zero-order valence-corrected chi connectivity index (χ0v) is 17.4. The molecule has 28 heavy (non-hydrogen) atoms. The number of nitrogens with one attached hydrogen (secondary N) is 1. The minimum absolute atomic E-state index is 0.256. The van der Waals surface area contributed by atoms with Gasteiger partial charge in [-0.05, 0) is 24.6 Å². The van der Waals surface area contributed by atoms with E-state index in [1.165, 1.54) is 16.9 Å². The molecule has 1 amide bonds. The Hall–Kier alpha value is -2.84. The Labute approximate surface area is 174 Å². The Balaban J connectivity index is 1.42. The Bertz CT molecular complexity index is 1100. The molecule has 0 unspecified atom stereocenters. The van der Waals surface area contributed by atoms with Gasteiger partial charge in [0.2, 0.25) is 5.95 Å². The molecule has 1 N–H and O–H groups in total. The quantitative estimate of drug-likeness (QED) is 0.472. The average Bonchev–Trinajstić information content (AvgIpc) is 3.34. The number of thiazole rings is 1. The third kappa shape index (κ3) is 4.35. The molecule has 0 atom stereocenters. The summed E-state index contributed by atoms with van der Waals surface area (Å²) < 4.78 is 2.70. The zero-order valence-electron chi connectivity index (χ0n) is 15.0. The molecule has 0 saturated carbocycles. The van der Waals surface area contributed by atoms with E-state index in [2.05, 4.69) is 36.3 Å². The first-order valence-electron chi connectivity index (χ1n) is 8.54. The summed E-state index contributed by atoms with van der Waals surface area (Å²) in [6.45, 7) is 2.61. The lowest BCUT2D eigenvalue weighted by molar-refractivity contribution is 0.102. The molecule has 6 nitrogen and oxygen atoms in total. The highest BCUT2D eigenvalue weighted by atomic mass is 79.9. The van der Waals surface area contributed by atoms with Crippen LogP contribution in [0.3, 0.4) is 0 Å². The number of amides is 1. The maximum absolute atomic E-state index is 12.5. The highest BCUT2D eigenvalue weighted by Crippen LogP contribution is 2.24. The minimum Gasteiger partial charge on any atom is -0.288 e. The second-order valence-corrected chi connectivity index (χ2v) is 8.02. The molecular weight excluding hydrogens is 438 g/mol. The van der Waals surface area contributed by atoms with Crippen LogP contribution in [0, 0.1) is 6.92 Å². The molecule has 0 bridgehead atoms. The first-order valence-corrected chi connectivity index (χ1v) is 10.2. The van der Waals surface area contributed by atoms with Gasteiger partial charge in [0.05, 0.1) is 6.54 Å². The number of anilines is 1. The lowest BCUT2D eigenvalue weighted by Gasteiger charge is -2.01. The Morgan fingerprint density at radius 2 is 1.89 bits per heavy atom. The third-order valence-corrected chi connectivity index (χ3v) is 5.48. The van der Waals surface area contributed by atoms with Crippen LogP contribution < -0.4 is 5.32 Å². The van der Waals surface area contributed by atoms with Crippen LogP contribution in [0.1, 0.15) is 21.6 Å². The van der Waals surface area contributed by atoms with Crippen LogP contribution in [0.15, 0.2) is 64.7 Å². The van der Waals surface area contributed by atoms with Gasteiger partial charge in [-0.25, -0.2) is 14.6 Å². The van der Waals surface area contributed by atoms with Gasteiger partial charge in [-0.1, -0.05) is 57.9 Å². The maximum atomic E-state index is 12.5. The van der Waals surface area contributed by atoms with Gasteiger partial charge in [0.1, 0.15) is 17.0 Å². The first-order chi connectivity index (χ1) is 13.6. The third-order valence-electron chi connectivity index (χ3n) is 4.05. The number of carbonyl (C=O) groups excluding carboxylic acids is 1. The van der Waals surface area contributed by atoms with Gasteiger partial charge in [-0.15, -0.1) is 16.4 Å². The van der Waals surface area contributed by atoms with E-state index in [0.717, 1.165) is 20.6 Å². The van der Waals surface area contributed by atoms with E-state index >= 15 is 0 Å². The zero-order chi connectivity index (χ0) is 19.5. The summed E-state index contributed by atoms with van der Waals surface area (Å²) in [5.41, 5.74) is 3.62. The lowest BCUT2D eigenvalue weighted by atomic mass is 10.2. The number of rotatable bonds is 5. The smallest absolute Gasteiger partial charge is 0.277 e. The molecule has 0 aliphatic rings. The van der Waals surface area contributed by atoms with Crippen molar-refractivity contribution in [3.63, 3.8) is 0 Å². The monoisotopic (exact) mass is 453 g/mol. The fourth-order valence-electron chi connectivity index (χ4n) is 2.58.